The molecule has 0 aromatic rings. The van der Waals surface area contributed by atoms with E-state index in [4.69, 9.17) is 5.11 Å². The fraction of sp³-hybridized carbons (Fsp3) is 0.500. The summed E-state index contributed by atoms with van der Waals surface area (Å²) in [6, 6.07) is 0. The van der Waals surface area contributed by atoms with Crippen LogP contribution in [0.4, 0.5) is 0 Å². The number of carbonyl (C=O) groups excluding carboxylic acids is 1. The molecular formula is C14H23NO2. The summed E-state index contributed by atoms with van der Waals surface area (Å²) in [5.74, 6) is 0.239. The van der Waals surface area contributed by atoms with Crippen LogP contribution in [0, 0.1) is 5.92 Å². The maximum atomic E-state index is 11.6. The largest absolute Gasteiger partial charge is 0.395 e. The molecule has 0 spiro atoms. The molecule has 0 aliphatic heterocycles. The maximum Gasteiger partial charge on any atom is 0.247 e. The molecule has 0 fully saturated rings. The van der Waals surface area contributed by atoms with E-state index in [1.165, 1.54) is 0 Å². The van der Waals surface area contributed by atoms with Crippen molar-refractivity contribution >= 4 is 5.91 Å². The van der Waals surface area contributed by atoms with Gasteiger partial charge in [0.05, 0.1) is 6.61 Å². The van der Waals surface area contributed by atoms with Crippen LogP contribution in [-0.4, -0.2) is 24.2 Å². The Kier molecular flexibility index (Phi) is 7.22. The van der Waals surface area contributed by atoms with Gasteiger partial charge in [0.1, 0.15) is 0 Å². The number of aliphatic hydroxyl groups excluding tert-OH is 1. The number of nitrogens with one attached hydrogen (secondary N) is 1. The summed E-state index contributed by atoms with van der Waals surface area (Å²) in [6.07, 6.45) is 3.68. The van der Waals surface area contributed by atoms with Gasteiger partial charge >= 0.3 is 0 Å². The monoisotopic (exact) mass is 237 g/mol. The lowest BCUT2D eigenvalue weighted by molar-refractivity contribution is -0.117. The molecule has 0 radical (unpaired) electrons. The van der Waals surface area contributed by atoms with Gasteiger partial charge in [-0.2, -0.15) is 0 Å². The van der Waals surface area contributed by atoms with Crippen LogP contribution in [0.15, 0.2) is 35.5 Å². The highest BCUT2D eigenvalue weighted by Gasteiger charge is 2.06. The van der Waals surface area contributed by atoms with Gasteiger partial charge in [-0.05, 0) is 30.9 Å². The minimum absolute atomic E-state index is 0.0439. The van der Waals surface area contributed by atoms with Gasteiger partial charge < -0.3 is 10.4 Å². The van der Waals surface area contributed by atoms with Gasteiger partial charge in [-0.3, -0.25) is 4.79 Å². The summed E-state index contributed by atoms with van der Waals surface area (Å²) in [5.41, 5.74) is 2.82. The number of hydrogen-bond acceptors (Lipinski definition) is 2. The van der Waals surface area contributed by atoms with Crippen molar-refractivity contribution < 1.29 is 9.90 Å². The topological polar surface area (TPSA) is 49.3 Å². The summed E-state index contributed by atoms with van der Waals surface area (Å²) in [6.45, 7) is 11.9. The second kappa shape index (κ2) is 7.85. The molecule has 0 unspecified atom stereocenters. The molecule has 0 aliphatic rings. The summed E-state index contributed by atoms with van der Waals surface area (Å²) < 4.78 is 0. The van der Waals surface area contributed by atoms with Crippen LogP contribution in [0.1, 0.15) is 27.7 Å². The van der Waals surface area contributed by atoms with E-state index in [1.54, 1.807) is 6.92 Å². The van der Waals surface area contributed by atoms with E-state index < -0.39 is 0 Å². The number of hydrogen-bond donors (Lipinski definition) is 2. The van der Waals surface area contributed by atoms with Crippen molar-refractivity contribution in [3.63, 3.8) is 0 Å². The highest BCUT2D eigenvalue weighted by molar-refractivity contribution is 5.93. The van der Waals surface area contributed by atoms with Crippen LogP contribution in [0.2, 0.25) is 0 Å². The average molecular weight is 237 g/mol. The molecule has 96 valence electrons. The zero-order chi connectivity index (χ0) is 13.4. The molecule has 2 N–H and O–H groups in total. The first-order chi connectivity index (χ1) is 7.93. The lowest BCUT2D eigenvalue weighted by Gasteiger charge is -2.10. The predicted octanol–water partition coefficient (Wildman–Crippen LogP) is 2.20. The number of carbonyl (C=O) groups is 1. The zero-order valence-electron chi connectivity index (χ0n) is 11.2. The Labute approximate surface area is 104 Å². The van der Waals surface area contributed by atoms with Crippen molar-refractivity contribution in [3.05, 3.63) is 35.5 Å². The molecular weight excluding hydrogens is 214 g/mol. The van der Waals surface area contributed by atoms with E-state index >= 15 is 0 Å². The molecule has 3 heteroatoms. The molecule has 3 nitrogen and oxygen atoms in total. The third-order valence-electron chi connectivity index (χ3n) is 2.49. The van der Waals surface area contributed by atoms with Gasteiger partial charge in [0.15, 0.2) is 0 Å². The Hall–Kier alpha value is -1.35. The minimum atomic E-state index is -0.148. The van der Waals surface area contributed by atoms with Crippen molar-refractivity contribution in [1.29, 1.82) is 0 Å². The number of aliphatic hydroxyl groups is 1. The molecule has 0 aliphatic carbocycles. The van der Waals surface area contributed by atoms with E-state index in [0.717, 1.165) is 11.1 Å². The third-order valence-corrected chi connectivity index (χ3v) is 2.49. The average Bonchev–Trinajstić information content (AvgIpc) is 2.25. The predicted molar refractivity (Wildman–Crippen MR) is 71.6 cm³/mol. The lowest BCUT2D eigenvalue weighted by Crippen LogP contribution is -2.27. The van der Waals surface area contributed by atoms with Crippen molar-refractivity contribution in [2.24, 2.45) is 5.92 Å². The van der Waals surface area contributed by atoms with Crippen LogP contribution >= 0.6 is 0 Å². The molecule has 1 amide bonds. The minimum Gasteiger partial charge on any atom is -0.395 e. The summed E-state index contributed by atoms with van der Waals surface area (Å²) >= 11 is 0. The molecule has 0 rings (SSSR count). The highest BCUT2D eigenvalue weighted by Crippen LogP contribution is 2.17. The molecule has 0 heterocycles. The Morgan fingerprint density at radius 1 is 1.41 bits per heavy atom. The summed E-state index contributed by atoms with van der Waals surface area (Å²) in [5, 5.41) is 11.2. The second-order valence-electron chi connectivity index (χ2n) is 4.30. The Balaban J connectivity index is 4.88. The highest BCUT2D eigenvalue weighted by atomic mass is 16.3. The first-order valence-electron chi connectivity index (χ1n) is 5.84. The normalized spacial score (nSPS) is 13.4. The maximum absolute atomic E-state index is 11.6. The number of amides is 1. The second-order valence-corrected chi connectivity index (χ2v) is 4.30. The van der Waals surface area contributed by atoms with Gasteiger partial charge in [0.25, 0.3) is 0 Å². The Morgan fingerprint density at radius 2 is 2.00 bits per heavy atom. The summed E-state index contributed by atoms with van der Waals surface area (Å²) in [4.78, 5) is 11.6. The quantitative estimate of drug-likeness (QED) is 0.549. The molecule has 0 atom stereocenters. The molecule has 0 aromatic heterocycles. The fourth-order valence-corrected chi connectivity index (χ4v) is 1.63. The molecule has 0 saturated carbocycles. The zero-order valence-corrected chi connectivity index (χ0v) is 11.2. The van der Waals surface area contributed by atoms with Crippen molar-refractivity contribution in [2.45, 2.75) is 27.7 Å². The molecule has 17 heavy (non-hydrogen) atoms. The first kappa shape index (κ1) is 15.7. The van der Waals surface area contributed by atoms with Gasteiger partial charge in [-0.1, -0.05) is 32.6 Å². The van der Waals surface area contributed by atoms with E-state index in [-0.39, 0.29) is 19.1 Å². The fourth-order valence-electron chi connectivity index (χ4n) is 1.63. The van der Waals surface area contributed by atoms with Crippen molar-refractivity contribution in [2.75, 3.05) is 13.2 Å². The third kappa shape index (κ3) is 5.50. The Bertz CT molecular complexity index is 338. The van der Waals surface area contributed by atoms with Crippen LogP contribution in [0.25, 0.3) is 0 Å². The van der Waals surface area contributed by atoms with Crippen LogP contribution in [0.3, 0.4) is 0 Å². The SMILES string of the molecule is C=C/C(=C(C)\C=C(/C)C(=O)NCCO)C(C)C. The van der Waals surface area contributed by atoms with Gasteiger partial charge in [-0.25, -0.2) is 0 Å². The van der Waals surface area contributed by atoms with Gasteiger partial charge in [-0.15, -0.1) is 0 Å². The van der Waals surface area contributed by atoms with Crippen LogP contribution < -0.4 is 5.32 Å². The smallest absolute Gasteiger partial charge is 0.247 e. The lowest BCUT2D eigenvalue weighted by atomic mass is 9.97. The Morgan fingerprint density at radius 3 is 2.41 bits per heavy atom. The first-order valence-corrected chi connectivity index (χ1v) is 5.84. The van der Waals surface area contributed by atoms with E-state index in [0.29, 0.717) is 11.5 Å². The van der Waals surface area contributed by atoms with E-state index in [1.807, 2.05) is 19.1 Å². The molecule has 0 aromatic carbocycles. The van der Waals surface area contributed by atoms with Crippen molar-refractivity contribution in [1.82, 2.24) is 5.32 Å². The van der Waals surface area contributed by atoms with Gasteiger partial charge in [0, 0.05) is 12.1 Å². The standard InChI is InChI=1S/C14H23NO2/c1-6-13(10(2)3)11(4)9-12(5)14(17)15-7-8-16/h6,9-10,16H,1,7-8H2,2-5H3,(H,15,17)/b12-9+,13-11+. The van der Waals surface area contributed by atoms with Crippen molar-refractivity contribution in [3.8, 4) is 0 Å². The number of rotatable bonds is 6. The van der Waals surface area contributed by atoms with Crippen LogP contribution in [0.5, 0.6) is 0 Å². The molecule has 0 bridgehead atoms. The van der Waals surface area contributed by atoms with E-state index in [9.17, 15) is 4.79 Å². The van der Waals surface area contributed by atoms with Crippen LogP contribution in [-0.2, 0) is 4.79 Å². The summed E-state index contributed by atoms with van der Waals surface area (Å²) in [7, 11) is 0. The van der Waals surface area contributed by atoms with Gasteiger partial charge in [0.2, 0.25) is 5.91 Å². The van der Waals surface area contributed by atoms with E-state index in [2.05, 4.69) is 25.7 Å². The number of allylic oxidation sites excluding steroid dienone is 4. The molecule has 0 saturated heterocycles.